The van der Waals surface area contributed by atoms with Crippen molar-refractivity contribution >= 4 is 17.4 Å². The van der Waals surface area contributed by atoms with Gasteiger partial charge in [0.2, 0.25) is 0 Å². The Bertz CT molecular complexity index is 581. The SMILES string of the molecule is COc1cc(C)c(-c2cc(N)n[nH]2)c(Cl)c1OC. The molecule has 1 aromatic carbocycles. The smallest absolute Gasteiger partial charge is 0.180 e. The van der Waals surface area contributed by atoms with Gasteiger partial charge in [0, 0.05) is 11.6 Å². The van der Waals surface area contributed by atoms with Crippen molar-refractivity contribution in [3.63, 3.8) is 0 Å². The number of hydrogen-bond acceptors (Lipinski definition) is 4. The van der Waals surface area contributed by atoms with E-state index in [9.17, 15) is 0 Å². The largest absolute Gasteiger partial charge is 0.493 e. The third-order valence-corrected chi connectivity index (χ3v) is 3.04. The summed E-state index contributed by atoms with van der Waals surface area (Å²) in [6, 6.07) is 3.58. The first-order chi connectivity index (χ1) is 8.58. The van der Waals surface area contributed by atoms with Gasteiger partial charge in [-0.2, -0.15) is 5.10 Å². The van der Waals surface area contributed by atoms with Crippen LogP contribution < -0.4 is 15.2 Å². The number of rotatable bonds is 3. The summed E-state index contributed by atoms with van der Waals surface area (Å²) in [7, 11) is 3.12. The first kappa shape index (κ1) is 12.6. The fourth-order valence-corrected chi connectivity index (χ4v) is 2.29. The fraction of sp³-hybridized carbons (Fsp3) is 0.250. The molecule has 18 heavy (non-hydrogen) atoms. The molecule has 0 saturated carbocycles. The van der Waals surface area contributed by atoms with Gasteiger partial charge in [-0.05, 0) is 18.6 Å². The van der Waals surface area contributed by atoms with Gasteiger partial charge in [-0.1, -0.05) is 11.6 Å². The minimum Gasteiger partial charge on any atom is -0.493 e. The number of aryl methyl sites for hydroxylation is 1. The zero-order valence-corrected chi connectivity index (χ0v) is 11.1. The molecule has 2 aromatic rings. The van der Waals surface area contributed by atoms with Crippen LogP contribution >= 0.6 is 11.6 Å². The highest BCUT2D eigenvalue weighted by atomic mass is 35.5. The van der Waals surface area contributed by atoms with E-state index in [-0.39, 0.29) is 0 Å². The van der Waals surface area contributed by atoms with Gasteiger partial charge in [-0.15, -0.1) is 0 Å². The van der Waals surface area contributed by atoms with Crippen molar-refractivity contribution in [3.8, 4) is 22.8 Å². The van der Waals surface area contributed by atoms with E-state index in [1.807, 2.05) is 13.0 Å². The third kappa shape index (κ3) is 1.97. The van der Waals surface area contributed by atoms with Crippen molar-refractivity contribution < 1.29 is 9.47 Å². The first-order valence-corrected chi connectivity index (χ1v) is 5.68. The second-order valence-corrected chi connectivity index (χ2v) is 4.20. The topological polar surface area (TPSA) is 73.2 Å². The summed E-state index contributed by atoms with van der Waals surface area (Å²) in [5.41, 5.74) is 8.10. The number of nitrogens with two attached hydrogens (primary N) is 1. The number of hydrogen-bond donors (Lipinski definition) is 2. The van der Waals surface area contributed by atoms with Gasteiger partial charge in [-0.3, -0.25) is 5.10 Å². The van der Waals surface area contributed by atoms with Crippen molar-refractivity contribution in [2.45, 2.75) is 6.92 Å². The zero-order chi connectivity index (χ0) is 13.3. The molecule has 0 aliphatic heterocycles. The molecule has 96 valence electrons. The van der Waals surface area contributed by atoms with E-state index in [1.54, 1.807) is 20.3 Å². The first-order valence-electron chi connectivity index (χ1n) is 5.30. The van der Waals surface area contributed by atoms with Crippen molar-refractivity contribution in [2.75, 3.05) is 20.0 Å². The molecule has 0 fully saturated rings. The molecule has 0 aliphatic carbocycles. The van der Waals surface area contributed by atoms with E-state index >= 15 is 0 Å². The second-order valence-electron chi connectivity index (χ2n) is 3.82. The number of anilines is 1. The molecule has 0 spiro atoms. The molecule has 1 heterocycles. The van der Waals surface area contributed by atoms with E-state index in [2.05, 4.69) is 10.2 Å². The summed E-state index contributed by atoms with van der Waals surface area (Å²) in [5.74, 6) is 1.50. The molecule has 2 rings (SSSR count). The molecule has 0 saturated heterocycles. The molecular formula is C12H14ClN3O2. The summed E-state index contributed by atoms with van der Waals surface area (Å²) >= 11 is 6.35. The Morgan fingerprint density at radius 3 is 2.50 bits per heavy atom. The van der Waals surface area contributed by atoms with Crippen molar-refractivity contribution in [2.24, 2.45) is 0 Å². The van der Waals surface area contributed by atoms with Crippen LogP contribution in [-0.4, -0.2) is 24.4 Å². The van der Waals surface area contributed by atoms with Crippen molar-refractivity contribution in [1.29, 1.82) is 0 Å². The number of methoxy groups -OCH3 is 2. The van der Waals surface area contributed by atoms with Gasteiger partial charge >= 0.3 is 0 Å². The molecule has 6 heteroatoms. The van der Waals surface area contributed by atoms with Gasteiger partial charge in [0.1, 0.15) is 5.82 Å². The van der Waals surface area contributed by atoms with E-state index < -0.39 is 0 Å². The zero-order valence-electron chi connectivity index (χ0n) is 10.4. The number of halogens is 1. The molecule has 0 amide bonds. The van der Waals surface area contributed by atoms with Crippen LogP contribution in [0, 0.1) is 6.92 Å². The second kappa shape index (κ2) is 4.78. The molecule has 0 radical (unpaired) electrons. The lowest BCUT2D eigenvalue weighted by Crippen LogP contribution is -1.95. The summed E-state index contributed by atoms with van der Waals surface area (Å²) in [5, 5.41) is 7.20. The normalized spacial score (nSPS) is 10.4. The van der Waals surface area contributed by atoms with E-state index in [0.717, 1.165) is 16.8 Å². The number of nitrogens with zero attached hydrogens (tertiary/aromatic N) is 1. The summed E-state index contributed by atoms with van der Waals surface area (Å²) in [4.78, 5) is 0. The van der Waals surface area contributed by atoms with Gasteiger partial charge < -0.3 is 15.2 Å². The maximum absolute atomic E-state index is 6.35. The Balaban J connectivity index is 2.68. The number of aromatic amines is 1. The fourth-order valence-electron chi connectivity index (χ4n) is 1.87. The van der Waals surface area contributed by atoms with E-state index in [4.69, 9.17) is 26.8 Å². The van der Waals surface area contributed by atoms with Crippen LogP contribution in [0.4, 0.5) is 5.82 Å². The molecule has 1 aromatic heterocycles. The number of H-pyrrole nitrogens is 1. The third-order valence-electron chi connectivity index (χ3n) is 2.68. The minimum absolute atomic E-state index is 0.412. The lowest BCUT2D eigenvalue weighted by Gasteiger charge is -2.14. The molecule has 0 bridgehead atoms. The molecule has 5 nitrogen and oxygen atoms in total. The minimum atomic E-state index is 0.412. The number of ether oxygens (including phenoxy) is 2. The van der Waals surface area contributed by atoms with Gasteiger partial charge in [0.05, 0.1) is 24.9 Å². The Kier molecular flexibility index (Phi) is 3.34. The van der Waals surface area contributed by atoms with Crippen LogP contribution in [0.5, 0.6) is 11.5 Å². The number of benzene rings is 1. The van der Waals surface area contributed by atoms with Gasteiger partial charge in [0.15, 0.2) is 11.5 Å². The average Bonchev–Trinajstić information content (AvgIpc) is 2.75. The standard InChI is InChI=1S/C12H14ClN3O2/c1-6-4-8(17-2)12(18-3)11(13)10(6)7-5-9(14)16-15-7/h4-5H,1-3H3,(H3,14,15,16). The molecule has 3 N–H and O–H groups in total. The maximum atomic E-state index is 6.35. The van der Waals surface area contributed by atoms with Crippen LogP contribution in [0.1, 0.15) is 5.56 Å². The number of nitrogen functional groups attached to an aromatic ring is 1. The predicted octanol–water partition coefficient (Wildman–Crippen LogP) is 2.64. The van der Waals surface area contributed by atoms with Crippen molar-refractivity contribution in [1.82, 2.24) is 10.2 Å². The Morgan fingerprint density at radius 2 is 2.00 bits per heavy atom. The highest BCUT2D eigenvalue weighted by Gasteiger charge is 2.18. The maximum Gasteiger partial charge on any atom is 0.180 e. The van der Waals surface area contributed by atoms with Crippen LogP contribution in [-0.2, 0) is 0 Å². The van der Waals surface area contributed by atoms with Gasteiger partial charge in [-0.25, -0.2) is 0 Å². The number of aromatic nitrogens is 2. The molecule has 0 aliphatic rings. The van der Waals surface area contributed by atoms with E-state index in [0.29, 0.717) is 22.3 Å². The molecule has 0 atom stereocenters. The summed E-state index contributed by atoms with van der Waals surface area (Å²) < 4.78 is 10.5. The van der Waals surface area contributed by atoms with E-state index in [1.165, 1.54) is 0 Å². The summed E-state index contributed by atoms with van der Waals surface area (Å²) in [6.45, 7) is 1.93. The van der Waals surface area contributed by atoms with Crippen molar-refractivity contribution in [3.05, 3.63) is 22.7 Å². The van der Waals surface area contributed by atoms with Crippen LogP contribution in [0.15, 0.2) is 12.1 Å². The van der Waals surface area contributed by atoms with Crippen LogP contribution in [0.3, 0.4) is 0 Å². The molecular weight excluding hydrogens is 254 g/mol. The molecule has 0 unspecified atom stereocenters. The van der Waals surface area contributed by atoms with Crippen LogP contribution in [0.2, 0.25) is 5.02 Å². The highest BCUT2D eigenvalue weighted by Crippen LogP contribution is 2.43. The van der Waals surface area contributed by atoms with Gasteiger partial charge in [0.25, 0.3) is 0 Å². The summed E-state index contributed by atoms with van der Waals surface area (Å²) in [6.07, 6.45) is 0. The van der Waals surface area contributed by atoms with Crippen LogP contribution in [0.25, 0.3) is 11.3 Å². The lowest BCUT2D eigenvalue weighted by atomic mass is 10.0. The number of nitrogens with one attached hydrogen (secondary N) is 1. The average molecular weight is 268 g/mol. The Hall–Kier alpha value is -1.88. The Morgan fingerprint density at radius 1 is 1.28 bits per heavy atom. The monoisotopic (exact) mass is 267 g/mol. The lowest BCUT2D eigenvalue weighted by molar-refractivity contribution is 0.355. The quantitative estimate of drug-likeness (QED) is 0.897. The predicted molar refractivity (Wildman–Crippen MR) is 71.3 cm³/mol. The highest BCUT2D eigenvalue weighted by molar-refractivity contribution is 6.35. The Labute approximate surface area is 110 Å².